The third-order valence-electron chi connectivity index (χ3n) is 3.47. The van der Waals surface area contributed by atoms with Crippen molar-refractivity contribution in [2.24, 2.45) is 0 Å². The fraction of sp³-hybridized carbons (Fsp3) is 0.375. The summed E-state index contributed by atoms with van der Waals surface area (Å²) in [5.41, 5.74) is 0.762. The number of rotatable bonds is 3. The number of benzene rings is 1. The summed E-state index contributed by atoms with van der Waals surface area (Å²) in [6.45, 7) is 0. The smallest absolute Gasteiger partial charge is 0.250 e. The molecule has 1 aliphatic carbocycles. The second-order valence-corrected chi connectivity index (χ2v) is 5.59. The van der Waals surface area contributed by atoms with E-state index in [2.05, 4.69) is 10.6 Å². The first-order chi connectivity index (χ1) is 10.1. The van der Waals surface area contributed by atoms with Gasteiger partial charge in [0.1, 0.15) is 5.82 Å². The van der Waals surface area contributed by atoms with E-state index in [4.69, 9.17) is 12.2 Å². The molecular formula is C16H19FN2OS. The molecule has 1 amide bonds. The number of carbonyl (C=O) groups is 1. The Labute approximate surface area is 129 Å². The van der Waals surface area contributed by atoms with Crippen LogP contribution in [-0.4, -0.2) is 17.1 Å². The monoisotopic (exact) mass is 306 g/mol. The zero-order valence-corrected chi connectivity index (χ0v) is 12.6. The number of hydrogen-bond acceptors (Lipinski definition) is 2. The number of thiocarbonyl (C=S) groups is 1. The van der Waals surface area contributed by atoms with Gasteiger partial charge in [0.15, 0.2) is 5.11 Å². The van der Waals surface area contributed by atoms with Gasteiger partial charge in [-0.3, -0.25) is 10.1 Å². The summed E-state index contributed by atoms with van der Waals surface area (Å²) in [5.74, 6) is -0.581. The lowest BCUT2D eigenvalue weighted by atomic mass is 9.96. The van der Waals surface area contributed by atoms with Crippen molar-refractivity contribution in [2.75, 3.05) is 0 Å². The normalized spacial score (nSPS) is 15.9. The average molecular weight is 306 g/mol. The predicted molar refractivity (Wildman–Crippen MR) is 86.2 cm³/mol. The standard InChI is InChI=1S/C16H19FN2OS/c17-13-9-6-12(7-10-13)8-11-15(20)19-16(21)18-14-4-2-1-3-5-14/h6-11,14H,1-5H2,(H2,18,19,20,21)/b11-8+. The third-order valence-corrected chi connectivity index (χ3v) is 3.69. The first kappa shape index (κ1) is 15.6. The largest absolute Gasteiger partial charge is 0.360 e. The van der Waals surface area contributed by atoms with Crippen LogP contribution in [0.15, 0.2) is 30.3 Å². The van der Waals surface area contributed by atoms with Crippen molar-refractivity contribution >= 4 is 29.3 Å². The molecule has 0 spiro atoms. The summed E-state index contributed by atoms with van der Waals surface area (Å²) >= 11 is 5.13. The molecule has 3 nitrogen and oxygen atoms in total. The Bertz CT molecular complexity index is 522. The Kier molecular flexibility index (Phi) is 5.87. The first-order valence-corrected chi connectivity index (χ1v) is 7.59. The lowest BCUT2D eigenvalue weighted by molar-refractivity contribution is -0.115. The van der Waals surface area contributed by atoms with Crippen LogP contribution in [0, 0.1) is 5.82 Å². The second kappa shape index (κ2) is 7.88. The van der Waals surface area contributed by atoms with Crippen LogP contribution < -0.4 is 10.6 Å². The highest BCUT2D eigenvalue weighted by Gasteiger charge is 2.14. The van der Waals surface area contributed by atoms with Gasteiger partial charge < -0.3 is 5.32 Å². The molecule has 0 aromatic heterocycles. The maximum absolute atomic E-state index is 12.8. The van der Waals surface area contributed by atoms with Crippen LogP contribution in [0.4, 0.5) is 4.39 Å². The molecule has 0 saturated heterocycles. The SMILES string of the molecule is O=C(/C=C/c1ccc(F)cc1)NC(=S)NC1CCCCC1. The molecule has 5 heteroatoms. The van der Waals surface area contributed by atoms with Gasteiger partial charge in [-0.05, 0) is 48.8 Å². The minimum atomic E-state index is -0.297. The summed E-state index contributed by atoms with van der Waals surface area (Å²) in [6.07, 6.45) is 8.90. The van der Waals surface area contributed by atoms with Crippen LogP contribution in [0.5, 0.6) is 0 Å². The third kappa shape index (κ3) is 5.63. The van der Waals surface area contributed by atoms with E-state index in [1.807, 2.05) is 0 Å². The molecule has 1 aromatic carbocycles. The maximum Gasteiger partial charge on any atom is 0.250 e. The van der Waals surface area contributed by atoms with Crippen LogP contribution in [0.3, 0.4) is 0 Å². The average Bonchev–Trinajstić information content (AvgIpc) is 2.47. The van der Waals surface area contributed by atoms with Crippen molar-refractivity contribution in [1.29, 1.82) is 0 Å². The molecule has 2 rings (SSSR count). The highest BCUT2D eigenvalue weighted by Crippen LogP contribution is 2.17. The molecule has 0 aliphatic heterocycles. The van der Waals surface area contributed by atoms with Crippen LogP contribution >= 0.6 is 12.2 Å². The summed E-state index contributed by atoms with van der Waals surface area (Å²) in [6, 6.07) is 6.29. The Morgan fingerprint density at radius 1 is 1.19 bits per heavy atom. The summed E-state index contributed by atoms with van der Waals surface area (Å²) in [7, 11) is 0. The van der Waals surface area contributed by atoms with Crippen LogP contribution in [0.25, 0.3) is 6.08 Å². The maximum atomic E-state index is 12.8. The van der Waals surface area contributed by atoms with Gasteiger partial charge in [-0.25, -0.2) is 4.39 Å². The molecule has 1 saturated carbocycles. The molecule has 2 N–H and O–H groups in total. The Morgan fingerprint density at radius 3 is 2.52 bits per heavy atom. The van der Waals surface area contributed by atoms with E-state index in [-0.39, 0.29) is 11.7 Å². The molecule has 0 heterocycles. The lowest BCUT2D eigenvalue weighted by Gasteiger charge is -2.23. The van der Waals surface area contributed by atoms with Crippen molar-refractivity contribution < 1.29 is 9.18 Å². The van der Waals surface area contributed by atoms with Gasteiger partial charge >= 0.3 is 0 Å². The van der Waals surface area contributed by atoms with Gasteiger partial charge in [-0.15, -0.1) is 0 Å². The Morgan fingerprint density at radius 2 is 1.86 bits per heavy atom. The van der Waals surface area contributed by atoms with Gasteiger partial charge in [-0.2, -0.15) is 0 Å². The Balaban J connectivity index is 1.77. The van der Waals surface area contributed by atoms with Crippen molar-refractivity contribution in [2.45, 2.75) is 38.1 Å². The topological polar surface area (TPSA) is 41.1 Å². The molecule has 0 unspecified atom stereocenters. The van der Waals surface area contributed by atoms with Crippen molar-refractivity contribution in [3.05, 3.63) is 41.7 Å². The van der Waals surface area contributed by atoms with Crippen molar-refractivity contribution in [1.82, 2.24) is 10.6 Å². The van der Waals surface area contributed by atoms with Crippen LogP contribution in [0.2, 0.25) is 0 Å². The number of carbonyl (C=O) groups excluding carboxylic acids is 1. The number of hydrogen-bond donors (Lipinski definition) is 2. The van der Waals surface area contributed by atoms with E-state index in [1.165, 1.54) is 37.5 Å². The first-order valence-electron chi connectivity index (χ1n) is 7.18. The molecule has 0 bridgehead atoms. The predicted octanol–water partition coefficient (Wildman–Crippen LogP) is 3.16. The number of nitrogens with one attached hydrogen (secondary N) is 2. The fourth-order valence-electron chi connectivity index (χ4n) is 2.37. The molecule has 0 atom stereocenters. The van der Waals surface area contributed by atoms with Gasteiger partial charge in [0, 0.05) is 12.1 Å². The quantitative estimate of drug-likeness (QED) is 0.666. The highest BCUT2D eigenvalue weighted by atomic mass is 32.1. The molecule has 1 aromatic rings. The van der Waals surface area contributed by atoms with Crippen LogP contribution in [0.1, 0.15) is 37.7 Å². The van der Waals surface area contributed by atoms with Gasteiger partial charge in [0.25, 0.3) is 0 Å². The Hall–Kier alpha value is -1.75. The van der Waals surface area contributed by atoms with E-state index in [1.54, 1.807) is 18.2 Å². The second-order valence-electron chi connectivity index (χ2n) is 5.18. The minimum Gasteiger partial charge on any atom is -0.360 e. The molecule has 1 aliphatic rings. The highest BCUT2D eigenvalue weighted by molar-refractivity contribution is 7.80. The fourth-order valence-corrected chi connectivity index (χ4v) is 2.64. The number of halogens is 1. The van der Waals surface area contributed by atoms with Gasteiger partial charge in [0.2, 0.25) is 5.91 Å². The van der Waals surface area contributed by atoms with Crippen LogP contribution in [-0.2, 0) is 4.79 Å². The van der Waals surface area contributed by atoms with E-state index in [0.717, 1.165) is 18.4 Å². The zero-order chi connectivity index (χ0) is 15.1. The lowest BCUT2D eigenvalue weighted by Crippen LogP contribution is -2.44. The molecule has 112 valence electrons. The van der Waals surface area contributed by atoms with E-state index < -0.39 is 0 Å². The van der Waals surface area contributed by atoms with Gasteiger partial charge in [0.05, 0.1) is 0 Å². The summed E-state index contributed by atoms with van der Waals surface area (Å²) < 4.78 is 12.8. The summed E-state index contributed by atoms with van der Waals surface area (Å²) in [4.78, 5) is 11.7. The molecule has 0 radical (unpaired) electrons. The molecular weight excluding hydrogens is 287 g/mol. The summed E-state index contributed by atoms with van der Waals surface area (Å²) in [5, 5.41) is 6.17. The molecule has 1 fully saturated rings. The van der Waals surface area contributed by atoms with Crippen molar-refractivity contribution in [3.63, 3.8) is 0 Å². The molecule has 21 heavy (non-hydrogen) atoms. The van der Waals surface area contributed by atoms with Crippen molar-refractivity contribution in [3.8, 4) is 0 Å². The van der Waals surface area contributed by atoms with E-state index in [0.29, 0.717) is 11.2 Å². The minimum absolute atomic E-state index is 0.285. The van der Waals surface area contributed by atoms with Gasteiger partial charge in [-0.1, -0.05) is 31.4 Å². The zero-order valence-electron chi connectivity index (χ0n) is 11.8. The van der Waals surface area contributed by atoms with E-state index in [9.17, 15) is 9.18 Å². The van der Waals surface area contributed by atoms with E-state index >= 15 is 0 Å². The number of amides is 1.